The van der Waals surface area contributed by atoms with Crippen molar-refractivity contribution < 1.29 is 33.4 Å². The number of benzene rings is 2. The Morgan fingerprint density at radius 1 is 0.884 bits per heavy atom. The van der Waals surface area contributed by atoms with Crippen molar-refractivity contribution in [3.05, 3.63) is 65.2 Å². The van der Waals surface area contributed by atoms with Crippen molar-refractivity contribution in [3.63, 3.8) is 0 Å². The van der Waals surface area contributed by atoms with E-state index in [0.29, 0.717) is 30.9 Å². The lowest BCUT2D eigenvalue weighted by Gasteiger charge is -2.38. The molecular weight excluding hydrogens is 566 g/mol. The molecule has 0 radical (unpaired) electrons. The van der Waals surface area contributed by atoms with Crippen molar-refractivity contribution in [2.45, 2.75) is 90.6 Å². The fourth-order valence-corrected chi connectivity index (χ4v) is 5.46. The summed E-state index contributed by atoms with van der Waals surface area (Å²) in [7, 11) is -2.07. The molecule has 3 N–H and O–H groups in total. The molecule has 3 rings (SSSR count). The zero-order valence-electron chi connectivity index (χ0n) is 26.7. The first-order valence-corrected chi connectivity index (χ1v) is 17.5. The summed E-state index contributed by atoms with van der Waals surface area (Å²) in [4.78, 5) is 38.8. The summed E-state index contributed by atoms with van der Waals surface area (Å²) in [5.41, 5.74) is 1.65. The normalized spacial score (nSPS) is 17.4. The first kappa shape index (κ1) is 34.1. The summed E-state index contributed by atoms with van der Waals surface area (Å²) in [6.07, 6.45) is -1.60. The van der Waals surface area contributed by atoms with Gasteiger partial charge in [-0.1, -0.05) is 45.0 Å². The minimum absolute atomic E-state index is 0.0112. The molecule has 2 aromatic carbocycles. The number of aliphatic hydroxyl groups excluding tert-OH is 1. The van der Waals surface area contributed by atoms with Crippen LogP contribution >= 0.6 is 0 Å². The Bertz CT molecular complexity index is 1250. The number of carbonyl (C=O) groups excluding carboxylic acids is 3. The molecule has 1 saturated heterocycles. The number of nitrogens with one attached hydrogen (secondary N) is 2. The van der Waals surface area contributed by atoms with E-state index in [1.807, 2.05) is 12.1 Å². The van der Waals surface area contributed by atoms with Crippen molar-refractivity contribution >= 4 is 26.2 Å². The van der Waals surface area contributed by atoms with E-state index in [2.05, 4.69) is 44.5 Å². The van der Waals surface area contributed by atoms with Crippen LogP contribution in [0.25, 0.3) is 0 Å². The van der Waals surface area contributed by atoms with Crippen molar-refractivity contribution in [1.82, 2.24) is 15.5 Å². The first-order chi connectivity index (χ1) is 19.9. The van der Waals surface area contributed by atoms with Crippen LogP contribution in [-0.2, 0) is 27.0 Å². The Labute approximate surface area is 256 Å². The fraction of sp³-hybridized carbons (Fsp3) is 0.531. The molecule has 1 aliphatic rings. The Hall–Kier alpha value is -3.41. The van der Waals surface area contributed by atoms with Crippen LogP contribution in [0.5, 0.6) is 5.75 Å². The number of amides is 3. The lowest BCUT2D eigenvalue weighted by molar-refractivity contribution is -0.132. The molecule has 2 unspecified atom stereocenters. The van der Waals surface area contributed by atoms with Crippen LogP contribution in [-0.4, -0.2) is 73.7 Å². The molecule has 1 aliphatic heterocycles. The van der Waals surface area contributed by atoms with Crippen LogP contribution in [0.15, 0.2) is 48.5 Å². The zero-order valence-corrected chi connectivity index (χ0v) is 27.7. The van der Waals surface area contributed by atoms with Gasteiger partial charge in [-0.3, -0.25) is 9.59 Å². The number of likely N-dealkylation sites (tertiary alicyclic amines) is 1. The number of ether oxygens (including phenoxy) is 2. The average Bonchev–Trinajstić information content (AvgIpc) is 3.27. The van der Waals surface area contributed by atoms with Gasteiger partial charge in [0.05, 0.1) is 12.2 Å². The molecule has 11 heteroatoms. The minimum Gasteiger partial charge on any atom is -0.484 e. The van der Waals surface area contributed by atoms with Gasteiger partial charge in [-0.05, 0) is 74.3 Å². The highest BCUT2D eigenvalue weighted by Gasteiger charge is 2.44. The number of hydrogen-bond acceptors (Lipinski definition) is 7. The Morgan fingerprint density at radius 2 is 1.44 bits per heavy atom. The summed E-state index contributed by atoms with van der Waals surface area (Å²) in [6, 6.07) is 14.1. The molecule has 0 saturated carbocycles. The topological polar surface area (TPSA) is 126 Å². The van der Waals surface area contributed by atoms with Gasteiger partial charge in [0, 0.05) is 31.7 Å². The van der Waals surface area contributed by atoms with Crippen LogP contribution in [0.2, 0.25) is 18.1 Å². The lowest BCUT2D eigenvalue weighted by atomic mass is 10.1. The lowest BCUT2D eigenvalue weighted by Crippen LogP contribution is -2.47. The van der Waals surface area contributed by atoms with Crippen molar-refractivity contribution in [2.75, 3.05) is 19.7 Å². The van der Waals surface area contributed by atoms with Crippen molar-refractivity contribution in [3.8, 4) is 5.75 Å². The van der Waals surface area contributed by atoms with E-state index >= 15 is 0 Å². The smallest absolute Gasteiger partial charge is 0.407 e. The molecule has 3 amide bonds. The summed E-state index contributed by atoms with van der Waals surface area (Å²) in [5, 5.41) is 16.1. The Kier molecular flexibility index (Phi) is 11.0. The number of aliphatic hydroxyl groups is 1. The van der Waals surface area contributed by atoms with Gasteiger partial charge in [0.2, 0.25) is 0 Å². The second-order valence-electron chi connectivity index (χ2n) is 13.5. The molecule has 0 spiro atoms. The Morgan fingerprint density at radius 3 is 2.00 bits per heavy atom. The van der Waals surface area contributed by atoms with Crippen molar-refractivity contribution in [1.29, 1.82) is 0 Å². The van der Waals surface area contributed by atoms with Crippen LogP contribution in [0, 0.1) is 0 Å². The van der Waals surface area contributed by atoms with Crippen molar-refractivity contribution in [2.24, 2.45) is 0 Å². The maximum atomic E-state index is 12.8. The molecule has 236 valence electrons. The van der Waals surface area contributed by atoms with E-state index < -0.39 is 32.2 Å². The second-order valence-corrected chi connectivity index (χ2v) is 18.2. The number of rotatable bonds is 10. The molecule has 0 aromatic heterocycles. The predicted molar refractivity (Wildman–Crippen MR) is 167 cm³/mol. The highest BCUT2D eigenvalue weighted by Crippen LogP contribution is 2.38. The molecule has 10 nitrogen and oxygen atoms in total. The first-order valence-electron chi connectivity index (χ1n) is 14.6. The molecule has 2 aromatic rings. The maximum absolute atomic E-state index is 12.8. The Balaban J connectivity index is 1.41. The highest BCUT2D eigenvalue weighted by molar-refractivity contribution is 6.74. The summed E-state index contributed by atoms with van der Waals surface area (Å²) in [5.74, 6) is 0.109. The van der Waals surface area contributed by atoms with Crippen LogP contribution < -0.4 is 15.4 Å². The van der Waals surface area contributed by atoms with Gasteiger partial charge in [-0.25, -0.2) is 4.79 Å². The molecule has 0 aliphatic carbocycles. The van der Waals surface area contributed by atoms with E-state index in [4.69, 9.17) is 13.9 Å². The predicted octanol–water partition coefficient (Wildman–Crippen LogP) is 4.61. The van der Waals surface area contributed by atoms with E-state index in [1.165, 1.54) is 0 Å². The van der Waals surface area contributed by atoms with Gasteiger partial charge in [0.25, 0.3) is 11.8 Å². The monoisotopic (exact) mass is 613 g/mol. The largest absolute Gasteiger partial charge is 0.484 e. The summed E-state index contributed by atoms with van der Waals surface area (Å²) >= 11 is 0. The third kappa shape index (κ3) is 10.4. The van der Waals surface area contributed by atoms with Crippen LogP contribution in [0.3, 0.4) is 0 Å². The van der Waals surface area contributed by atoms with E-state index in [1.54, 1.807) is 62.1 Å². The maximum Gasteiger partial charge on any atom is 0.407 e. The minimum atomic E-state index is -2.07. The van der Waals surface area contributed by atoms with Gasteiger partial charge < -0.3 is 34.5 Å². The second kappa shape index (κ2) is 13.9. The summed E-state index contributed by atoms with van der Waals surface area (Å²) in [6.45, 7) is 17.2. The molecule has 0 bridgehead atoms. The average molecular weight is 614 g/mol. The molecular formula is C32H47N3O7Si. The highest BCUT2D eigenvalue weighted by atomic mass is 28.4. The molecule has 1 fully saturated rings. The van der Waals surface area contributed by atoms with Gasteiger partial charge in [0.15, 0.2) is 14.9 Å². The quantitative estimate of drug-likeness (QED) is 0.334. The molecule has 43 heavy (non-hydrogen) atoms. The van der Waals surface area contributed by atoms with Crippen LogP contribution in [0.4, 0.5) is 4.79 Å². The summed E-state index contributed by atoms with van der Waals surface area (Å²) < 4.78 is 17.3. The van der Waals surface area contributed by atoms with Gasteiger partial charge >= 0.3 is 6.09 Å². The van der Waals surface area contributed by atoms with E-state index in [0.717, 1.165) is 11.1 Å². The third-order valence-corrected chi connectivity index (χ3v) is 12.1. The van der Waals surface area contributed by atoms with Gasteiger partial charge in [0.1, 0.15) is 11.4 Å². The van der Waals surface area contributed by atoms with Gasteiger partial charge in [-0.2, -0.15) is 0 Å². The number of nitrogens with zero attached hydrogens (tertiary/aromatic N) is 1. The molecule has 2 atom stereocenters. The standard InChI is InChI=1S/C32H47N3O7Si/c1-31(2,3)41-30(39)34-18-22-9-13-24(14-10-22)29(38)33-17-23-11-15-25(16-12-23)40-21-28(37)35-19-26(36)27(20-35)42-43(7,8)32(4,5)6/h9-16,26-27,36H,17-21H2,1-8H3,(H,33,38)(H,34,39). The van der Waals surface area contributed by atoms with Crippen LogP contribution in [0.1, 0.15) is 63.0 Å². The molecule has 1 heterocycles. The number of hydrogen-bond donors (Lipinski definition) is 3. The fourth-order valence-electron chi connectivity index (χ4n) is 4.12. The number of β-amino-alcohol motifs (C(OH)–C–C–N with tert-alkyl or cyclic N) is 1. The van der Waals surface area contributed by atoms with E-state index in [9.17, 15) is 19.5 Å². The number of alkyl carbamates (subject to hydrolysis) is 1. The third-order valence-electron chi connectivity index (χ3n) is 7.63. The number of carbonyl (C=O) groups is 3. The zero-order chi connectivity index (χ0) is 32.0. The SMILES string of the molecule is CC(C)(C)OC(=O)NCc1ccc(C(=O)NCc2ccc(OCC(=O)N3CC(O)C(O[Si](C)(C)C(C)(C)C)C3)cc2)cc1. The van der Waals surface area contributed by atoms with E-state index in [-0.39, 0.29) is 30.0 Å². The van der Waals surface area contributed by atoms with Gasteiger partial charge in [-0.15, -0.1) is 0 Å².